The monoisotopic (exact) mass is 835 g/mol. The molecule has 0 saturated carbocycles. The Kier molecular flexibility index (Phi) is 13.1. The minimum absolute atomic E-state index is 0.0161. The number of hydrogen-bond acceptors (Lipinski definition) is 14. The number of nitrogens with zero attached hydrogens (tertiary/aromatic N) is 13. The van der Waals surface area contributed by atoms with E-state index < -0.39 is 0 Å². The average Bonchev–Trinajstić information content (AvgIpc) is 4.05. The molecule has 5 aromatic heterocycles. The molecule has 0 N–H and O–H groups in total. The average molecular weight is 836 g/mol. The third-order valence-electron chi connectivity index (χ3n) is 11.0. The number of ether oxygens (including phenoxy) is 3. The van der Waals surface area contributed by atoms with Crippen molar-refractivity contribution in [2.24, 2.45) is 0 Å². The molecule has 62 heavy (non-hydrogen) atoms. The van der Waals surface area contributed by atoms with Crippen molar-refractivity contribution in [1.82, 2.24) is 54.7 Å². The molecule has 2 amide bonds. The number of hydrogen-bond donors (Lipinski definition) is 0. The summed E-state index contributed by atoms with van der Waals surface area (Å²) in [4.78, 5) is 46.3. The van der Waals surface area contributed by atoms with Gasteiger partial charge in [-0.1, -0.05) is 12.1 Å². The van der Waals surface area contributed by atoms with Crippen molar-refractivity contribution >= 4 is 11.8 Å². The Labute approximate surface area is 358 Å². The lowest BCUT2D eigenvalue weighted by molar-refractivity contribution is 0.0367. The molecule has 18 heteroatoms. The van der Waals surface area contributed by atoms with Crippen LogP contribution < -0.4 is 14.2 Å². The molecule has 8 rings (SSSR count). The van der Waals surface area contributed by atoms with E-state index in [9.17, 15) is 20.1 Å². The summed E-state index contributed by atoms with van der Waals surface area (Å²) in [5.74, 6) is 1.25. The minimum Gasteiger partial charge on any atom is -0.481 e. The van der Waals surface area contributed by atoms with Crippen molar-refractivity contribution < 1.29 is 23.8 Å². The van der Waals surface area contributed by atoms with Crippen LogP contribution in [0.25, 0.3) is 11.5 Å². The summed E-state index contributed by atoms with van der Waals surface area (Å²) >= 11 is 0. The molecule has 2 fully saturated rings. The molecule has 18 nitrogen and oxygen atoms in total. The molecule has 2 saturated heterocycles. The van der Waals surface area contributed by atoms with Gasteiger partial charge < -0.3 is 24.0 Å². The standard InChI is InChI=1S/C22H23N7O3.C22H22N6O2/c1-14-4-5-17(32-21-15(2)16(12-23)8-9-24-21)13-28(14)22(30)18-6-7-19(31-3)27-20(18)29-25-10-11-26-29;1-15-7-8-18(30-21-16(2)17(13-23)9-10-24-21)14-27(15)22(29)19-5-3-4-6-20(19)28-25-11-12-26-28/h6-11,14,17H,4-5,13H2,1-3H3;3-6,9-12,15,18H,7-8,14H2,1-2H3/t14-,17-;15-,18-/m11/s1. The zero-order valence-corrected chi connectivity index (χ0v) is 35.0. The lowest BCUT2D eigenvalue weighted by atomic mass is 9.99. The van der Waals surface area contributed by atoms with E-state index in [1.165, 1.54) is 29.1 Å². The van der Waals surface area contributed by atoms with Crippen LogP contribution in [0, 0.1) is 36.5 Å². The van der Waals surface area contributed by atoms with E-state index in [0.29, 0.717) is 75.6 Å². The first-order valence-corrected chi connectivity index (χ1v) is 20.1. The largest absolute Gasteiger partial charge is 0.481 e. The highest BCUT2D eigenvalue weighted by Gasteiger charge is 2.34. The predicted molar refractivity (Wildman–Crippen MR) is 223 cm³/mol. The first-order valence-electron chi connectivity index (χ1n) is 20.1. The molecule has 0 unspecified atom stereocenters. The van der Waals surface area contributed by atoms with Crippen molar-refractivity contribution in [3.8, 4) is 41.3 Å². The normalized spacial score (nSPS) is 18.4. The third-order valence-corrected chi connectivity index (χ3v) is 11.0. The number of para-hydroxylation sites is 1. The first-order chi connectivity index (χ1) is 30.1. The molecule has 0 spiro atoms. The Hall–Kier alpha value is -7.73. The lowest BCUT2D eigenvalue weighted by Gasteiger charge is -2.38. The van der Waals surface area contributed by atoms with Crippen molar-refractivity contribution in [3.05, 3.63) is 119 Å². The second-order valence-electron chi connectivity index (χ2n) is 14.9. The van der Waals surface area contributed by atoms with E-state index in [4.69, 9.17) is 14.2 Å². The van der Waals surface area contributed by atoms with E-state index in [1.54, 1.807) is 60.0 Å². The molecule has 316 valence electrons. The second-order valence-corrected chi connectivity index (χ2v) is 14.9. The number of aromatic nitrogens is 9. The van der Waals surface area contributed by atoms with E-state index in [-0.39, 0.29) is 36.1 Å². The Morgan fingerprint density at radius 1 is 0.645 bits per heavy atom. The number of methoxy groups -OCH3 is 1. The van der Waals surface area contributed by atoms with Crippen LogP contribution in [-0.4, -0.2) is 111 Å². The van der Waals surface area contributed by atoms with Crippen molar-refractivity contribution in [1.29, 1.82) is 10.5 Å². The van der Waals surface area contributed by atoms with E-state index in [2.05, 4.69) is 47.5 Å². The fourth-order valence-corrected chi connectivity index (χ4v) is 7.40. The number of amides is 2. The number of piperidine rings is 2. The fraction of sp³-hybridized carbons (Fsp3) is 0.341. The van der Waals surface area contributed by atoms with Crippen LogP contribution in [0.5, 0.6) is 17.6 Å². The Balaban J connectivity index is 0.000000187. The van der Waals surface area contributed by atoms with Crippen LogP contribution in [0.15, 0.2) is 85.7 Å². The summed E-state index contributed by atoms with van der Waals surface area (Å²) in [6.07, 6.45) is 12.1. The molecule has 2 aliphatic rings. The van der Waals surface area contributed by atoms with Gasteiger partial charge in [0.1, 0.15) is 12.2 Å². The number of carbonyl (C=O) groups excluding carboxylic acids is 2. The van der Waals surface area contributed by atoms with E-state index in [1.807, 2.05) is 50.8 Å². The van der Waals surface area contributed by atoms with Gasteiger partial charge in [0.2, 0.25) is 17.6 Å². The molecular weight excluding hydrogens is 791 g/mol. The third kappa shape index (κ3) is 9.19. The van der Waals surface area contributed by atoms with Gasteiger partial charge in [-0.15, -0.1) is 4.80 Å². The van der Waals surface area contributed by atoms with Crippen LogP contribution >= 0.6 is 0 Å². The number of nitriles is 2. The topological polar surface area (TPSA) is 216 Å². The summed E-state index contributed by atoms with van der Waals surface area (Å²) in [5, 5.41) is 35.1. The summed E-state index contributed by atoms with van der Waals surface area (Å²) in [6, 6.07) is 18.3. The molecule has 1 aromatic carbocycles. The van der Waals surface area contributed by atoms with Crippen LogP contribution in [0.3, 0.4) is 0 Å². The van der Waals surface area contributed by atoms with Gasteiger partial charge in [-0.25, -0.2) is 9.97 Å². The zero-order valence-electron chi connectivity index (χ0n) is 35.0. The van der Waals surface area contributed by atoms with Gasteiger partial charge in [0, 0.05) is 41.7 Å². The van der Waals surface area contributed by atoms with Gasteiger partial charge >= 0.3 is 0 Å². The van der Waals surface area contributed by atoms with Crippen LogP contribution in [-0.2, 0) is 0 Å². The quantitative estimate of drug-likeness (QED) is 0.182. The van der Waals surface area contributed by atoms with Crippen molar-refractivity contribution in [2.75, 3.05) is 20.2 Å². The highest BCUT2D eigenvalue weighted by atomic mass is 16.5. The smallest absolute Gasteiger partial charge is 0.258 e. The maximum absolute atomic E-state index is 13.6. The number of rotatable bonds is 9. The molecule has 0 radical (unpaired) electrons. The summed E-state index contributed by atoms with van der Waals surface area (Å²) in [7, 11) is 1.51. The molecule has 7 heterocycles. The minimum atomic E-state index is -0.243. The van der Waals surface area contributed by atoms with Gasteiger partial charge in [0.05, 0.1) is 85.1 Å². The number of pyridine rings is 3. The number of benzene rings is 1. The van der Waals surface area contributed by atoms with Gasteiger partial charge in [0.15, 0.2) is 5.82 Å². The number of carbonyl (C=O) groups is 2. The van der Waals surface area contributed by atoms with E-state index in [0.717, 1.165) is 25.7 Å². The molecule has 4 atom stereocenters. The van der Waals surface area contributed by atoms with Crippen LogP contribution in [0.1, 0.15) is 82.5 Å². The van der Waals surface area contributed by atoms with Crippen molar-refractivity contribution in [2.45, 2.75) is 77.7 Å². The number of likely N-dealkylation sites (tertiary alicyclic amines) is 2. The summed E-state index contributed by atoms with van der Waals surface area (Å²) < 4.78 is 17.4. The lowest BCUT2D eigenvalue weighted by Crippen LogP contribution is -2.49. The first kappa shape index (κ1) is 42.4. The van der Waals surface area contributed by atoms with Gasteiger partial charge in [-0.2, -0.15) is 40.7 Å². The summed E-state index contributed by atoms with van der Waals surface area (Å²) in [6.45, 7) is 8.51. The van der Waals surface area contributed by atoms with Crippen LogP contribution in [0.4, 0.5) is 0 Å². The Morgan fingerprint density at radius 2 is 1.15 bits per heavy atom. The van der Waals surface area contributed by atoms with Gasteiger partial charge in [-0.05, 0) is 83.7 Å². The molecule has 2 aliphatic heterocycles. The molecule has 0 aliphatic carbocycles. The highest BCUT2D eigenvalue weighted by Crippen LogP contribution is 2.29. The highest BCUT2D eigenvalue weighted by molar-refractivity contribution is 5.98. The van der Waals surface area contributed by atoms with Gasteiger partial charge in [-0.3, -0.25) is 9.59 Å². The predicted octanol–water partition coefficient (Wildman–Crippen LogP) is 5.23. The molecular formula is C44H45N13O5. The molecule has 6 aromatic rings. The Morgan fingerprint density at radius 3 is 1.66 bits per heavy atom. The maximum Gasteiger partial charge on any atom is 0.258 e. The van der Waals surface area contributed by atoms with Crippen LogP contribution in [0.2, 0.25) is 0 Å². The maximum atomic E-state index is 13.6. The van der Waals surface area contributed by atoms with Gasteiger partial charge in [0.25, 0.3) is 11.8 Å². The second kappa shape index (κ2) is 19.1. The SMILES string of the molecule is COc1ccc(C(=O)N2C[C@H](Oc3nccc(C#N)c3C)CC[C@H]2C)c(-n2nccn2)n1.Cc1c(C#N)ccnc1O[C@@H]1CC[C@@H](C)N(C(=O)c2ccccc2-n2nccn2)C1. The molecule has 0 bridgehead atoms. The van der Waals surface area contributed by atoms with Crippen molar-refractivity contribution in [3.63, 3.8) is 0 Å². The Bertz CT molecular complexity index is 2600. The van der Waals surface area contributed by atoms with E-state index >= 15 is 0 Å². The summed E-state index contributed by atoms with van der Waals surface area (Å²) in [5.41, 5.74) is 4.02. The fourth-order valence-electron chi connectivity index (χ4n) is 7.40. The zero-order chi connectivity index (χ0) is 43.8.